The summed E-state index contributed by atoms with van der Waals surface area (Å²) in [5.41, 5.74) is 5.86. The lowest BCUT2D eigenvalue weighted by molar-refractivity contribution is 0.689. The molecule has 0 aliphatic heterocycles. The highest BCUT2D eigenvalue weighted by Gasteiger charge is 1.89. The Hall–Kier alpha value is -0.370. The summed E-state index contributed by atoms with van der Waals surface area (Å²) in [6.07, 6.45) is 2.35. The molecule has 0 amide bonds. The van der Waals surface area contributed by atoms with Crippen LogP contribution in [0.5, 0.6) is 0 Å². The summed E-state index contributed by atoms with van der Waals surface area (Å²) in [7, 11) is 0. The highest BCUT2D eigenvalue weighted by Crippen LogP contribution is 2.01. The molecular weight excluding hydrogens is 105 g/mol. The molecule has 2 heteroatoms. The molecule has 0 radical (unpaired) electrons. The van der Waals surface area contributed by atoms with Gasteiger partial charge < -0.3 is 5.73 Å². The van der Waals surface area contributed by atoms with Gasteiger partial charge in [-0.25, -0.2) is 4.39 Å². The second-order valence-electron chi connectivity index (χ2n) is 1.72. The SMILES string of the molecule is CCCC(=CF)CN. The van der Waals surface area contributed by atoms with Crippen molar-refractivity contribution in [2.24, 2.45) is 5.73 Å². The third kappa shape index (κ3) is 2.75. The van der Waals surface area contributed by atoms with E-state index in [1.807, 2.05) is 6.92 Å². The first-order valence-electron chi connectivity index (χ1n) is 2.83. The normalized spacial score (nSPS) is 12.1. The van der Waals surface area contributed by atoms with Crippen LogP contribution in [0.1, 0.15) is 19.8 Å². The zero-order chi connectivity index (χ0) is 6.41. The largest absolute Gasteiger partial charge is 0.327 e. The Morgan fingerprint density at radius 2 is 2.38 bits per heavy atom. The van der Waals surface area contributed by atoms with Crippen LogP contribution in [0.15, 0.2) is 11.9 Å². The molecule has 1 nitrogen and oxygen atoms in total. The predicted molar refractivity (Wildman–Crippen MR) is 33.2 cm³/mol. The molecule has 0 rings (SSSR count). The van der Waals surface area contributed by atoms with E-state index in [1.165, 1.54) is 0 Å². The topological polar surface area (TPSA) is 26.0 Å². The zero-order valence-corrected chi connectivity index (χ0v) is 5.15. The highest BCUT2D eigenvalue weighted by molar-refractivity contribution is 4.98. The fourth-order valence-electron chi connectivity index (χ4n) is 0.522. The lowest BCUT2D eigenvalue weighted by atomic mass is 10.2. The van der Waals surface area contributed by atoms with Crippen LogP contribution in [0.25, 0.3) is 0 Å². The number of nitrogens with two attached hydrogens (primary N) is 1. The molecule has 0 spiro atoms. The van der Waals surface area contributed by atoms with E-state index in [0.29, 0.717) is 18.4 Å². The van der Waals surface area contributed by atoms with Crippen molar-refractivity contribution in [2.75, 3.05) is 6.54 Å². The van der Waals surface area contributed by atoms with E-state index in [4.69, 9.17) is 5.73 Å². The van der Waals surface area contributed by atoms with Crippen molar-refractivity contribution >= 4 is 0 Å². The van der Waals surface area contributed by atoms with Crippen LogP contribution >= 0.6 is 0 Å². The molecule has 0 aromatic rings. The van der Waals surface area contributed by atoms with E-state index in [2.05, 4.69) is 0 Å². The Morgan fingerprint density at radius 1 is 1.75 bits per heavy atom. The van der Waals surface area contributed by atoms with Crippen molar-refractivity contribution in [2.45, 2.75) is 19.8 Å². The maximum Gasteiger partial charge on any atom is 0.0871 e. The van der Waals surface area contributed by atoms with Gasteiger partial charge >= 0.3 is 0 Å². The Balaban J connectivity index is 3.38. The van der Waals surface area contributed by atoms with Crippen molar-refractivity contribution in [3.8, 4) is 0 Å². The standard InChI is InChI=1S/C6H12FN/c1-2-3-6(4-7)5-8/h4H,2-3,5,8H2,1H3. The van der Waals surface area contributed by atoms with Crippen molar-refractivity contribution < 1.29 is 4.39 Å². The molecule has 0 aliphatic rings. The van der Waals surface area contributed by atoms with Gasteiger partial charge in [-0.15, -0.1) is 0 Å². The van der Waals surface area contributed by atoms with Crippen LogP contribution in [0, 0.1) is 0 Å². The Morgan fingerprint density at radius 3 is 2.50 bits per heavy atom. The van der Waals surface area contributed by atoms with Crippen LogP contribution in [0.2, 0.25) is 0 Å². The predicted octanol–water partition coefficient (Wildman–Crippen LogP) is 1.60. The number of hydrogen-bond donors (Lipinski definition) is 1. The van der Waals surface area contributed by atoms with Gasteiger partial charge in [-0.05, 0) is 12.0 Å². The quantitative estimate of drug-likeness (QED) is 0.597. The van der Waals surface area contributed by atoms with Gasteiger partial charge in [0, 0.05) is 6.54 Å². The van der Waals surface area contributed by atoms with E-state index in [9.17, 15) is 4.39 Å². The van der Waals surface area contributed by atoms with Gasteiger partial charge in [-0.2, -0.15) is 0 Å². The Bertz CT molecular complexity index is 78.6. The summed E-state index contributed by atoms with van der Waals surface area (Å²) in [6, 6.07) is 0. The van der Waals surface area contributed by atoms with E-state index in [-0.39, 0.29) is 0 Å². The molecule has 0 saturated carbocycles. The summed E-state index contributed by atoms with van der Waals surface area (Å²) < 4.78 is 11.6. The smallest absolute Gasteiger partial charge is 0.0871 e. The fraction of sp³-hybridized carbons (Fsp3) is 0.667. The van der Waals surface area contributed by atoms with Gasteiger partial charge in [-0.1, -0.05) is 13.3 Å². The van der Waals surface area contributed by atoms with Crippen LogP contribution < -0.4 is 5.73 Å². The minimum absolute atomic E-state index is 0.352. The lowest BCUT2D eigenvalue weighted by Crippen LogP contribution is -2.01. The monoisotopic (exact) mass is 117 g/mol. The minimum Gasteiger partial charge on any atom is -0.327 e. The molecule has 0 aromatic heterocycles. The maximum atomic E-state index is 11.6. The van der Waals surface area contributed by atoms with E-state index in [1.54, 1.807) is 0 Å². The first-order valence-corrected chi connectivity index (χ1v) is 2.83. The summed E-state index contributed by atoms with van der Waals surface area (Å²) in [4.78, 5) is 0. The van der Waals surface area contributed by atoms with Gasteiger partial charge in [0.15, 0.2) is 0 Å². The Kier molecular flexibility index (Phi) is 4.56. The summed E-state index contributed by atoms with van der Waals surface area (Å²) >= 11 is 0. The fourth-order valence-corrected chi connectivity index (χ4v) is 0.522. The number of halogens is 1. The first-order chi connectivity index (χ1) is 3.85. The molecule has 0 aliphatic carbocycles. The van der Waals surface area contributed by atoms with Gasteiger partial charge in [0.2, 0.25) is 0 Å². The molecule has 0 unspecified atom stereocenters. The third-order valence-corrected chi connectivity index (χ3v) is 0.988. The van der Waals surface area contributed by atoms with Crippen molar-refractivity contribution in [3.63, 3.8) is 0 Å². The van der Waals surface area contributed by atoms with Crippen LogP contribution in [-0.2, 0) is 0 Å². The van der Waals surface area contributed by atoms with E-state index >= 15 is 0 Å². The van der Waals surface area contributed by atoms with Crippen LogP contribution in [0.3, 0.4) is 0 Å². The summed E-state index contributed by atoms with van der Waals surface area (Å²) in [6.45, 7) is 2.35. The lowest BCUT2D eigenvalue weighted by Gasteiger charge is -1.95. The van der Waals surface area contributed by atoms with Gasteiger partial charge in [-0.3, -0.25) is 0 Å². The van der Waals surface area contributed by atoms with Gasteiger partial charge in [0.05, 0.1) is 6.33 Å². The first kappa shape index (κ1) is 7.63. The molecule has 0 saturated heterocycles. The molecule has 0 heterocycles. The van der Waals surface area contributed by atoms with Crippen LogP contribution in [-0.4, -0.2) is 6.54 Å². The average Bonchev–Trinajstić information content (AvgIpc) is 1.83. The summed E-state index contributed by atoms with van der Waals surface area (Å²) in [5, 5.41) is 0. The Labute approximate surface area is 49.4 Å². The molecule has 0 atom stereocenters. The molecular formula is C6H12FN. The van der Waals surface area contributed by atoms with E-state index < -0.39 is 0 Å². The van der Waals surface area contributed by atoms with Gasteiger partial charge in [0.25, 0.3) is 0 Å². The molecule has 0 bridgehead atoms. The zero-order valence-electron chi connectivity index (χ0n) is 5.15. The maximum absolute atomic E-state index is 11.6. The molecule has 0 fully saturated rings. The van der Waals surface area contributed by atoms with Crippen molar-refractivity contribution in [3.05, 3.63) is 11.9 Å². The molecule has 8 heavy (non-hydrogen) atoms. The van der Waals surface area contributed by atoms with Crippen molar-refractivity contribution in [1.82, 2.24) is 0 Å². The summed E-state index contributed by atoms with van der Waals surface area (Å²) in [5.74, 6) is 0. The molecule has 2 N–H and O–H groups in total. The second kappa shape index (κ2) is 4.78. The van der Waals surface area contributed by atoms with Crippen LogP contribution in [0.4, 0.5) is 4.39 Å². The van der Waals surface area contributed by atoms with E-state index in [0.717, 1.165) is 12.8 Å². The van der Waals surface area contributed by atoms with Gasteiger partial charge in [0.1, 0.15) is 0 Å². The van der Waals surface area contributed by atoms with Crippen molar-refractivity contribution in [1.29, 1.82) is 0 Å². The number of rotatable bonds is 3. The third-order valence-electron chi connectivity index (χ3n) is 0.988. The molecule has 48 valence electrons. The molecule has 0 aromatic carbocycles. The number of hydrogen-bond acceptors (Lipinski definition) is 1. The average molecular weight is 117 g/mol. The second-order valence-corrected chi connectivity index (χ2v) is 1.72. The minimum atomic E-state index is 0.352. The highest BCUT2D eigenvalue weighted by atomic mass is 19.1.